The van der Waals surface area contributed by atoms with Crippen molar-refractivity contribution in [2.24, 2.45) is 7.05 Å². The lowest BCUT2D eigenvalue weighted by Gasteiger charge is -2.07. The molecule has 0 unspecified atom stereocenters. The first kappa shape index (κ1) is 13.1. The molecule has 1 aromatic heterocycles. The van der Waals surface area contributed by atoms with Gasteiger partial charge in [-0.2, -0.15) is 5.10 Å². The Labute approximate surface area is 116 Å². The summed E-state index contributed by atoms with van der Waals surface area (Å²) in [5.41, 5.74) is 10.6. The van der Waals surface area contributed by atoms with Gasteiger partial charge in [-0.1, -0.05) is 41.4 Å². The van der Waals surface area contributed by atoms with Gasteiger partial charge in [-0.3, -0.25) is 4.68 Å². The van der Waals surface area contributed by atoms with Crippen molar-refractivity contribution < 1.29 is 0 Å². The molecule has 0 aliphatic rings. The van der Waals surface area contributed by atoms with E-state index >= 15 is 0 Å². The molecule has 0 fully saturated rings. The summed E-state index contributed by atoms with van der Waals surface area (Å²) < 4.78 is 2.87. The number of anilines is 1. The van der Waals surface area contributed by atoms with Gasteiger partial charge in [0.25, 0.3) is 0 Å². The Hall–Kier alpha value is -1.29. The Morgan fingerprint density at radius 1 is 1.39 bits per heavy atom. The van der Waals surface area contributed by atoms with Gasteiger partial charge in [0.2, 0.25) is 0 Å². The molecule has 18 heavy (non-hydrogen) atoms. The van der Waals surface area contributed by atoms with Crippen LogP contribution in [0.15, 0.2) is 22.7 Å². The van der Waals surface area contributed by atoms with E-state index in [1.807, 2.05) is 19.2 Å². The van der Waals surface area contributed by atoms with Gasteiger partial charge in [0.1, 0.15) is 5.82 Å². The first-order valence-electron chi connectivity index (χ1n) is 6.13. The van der Waals surface area contributed by atoms with Gasteiger partial charge in [-0.25, -0.2) is 0 Å². The monoisotopic (exact) mass is 307 g/mol. The zero-order chi connectivity index (χ0) is 13.3. The molecule has 4 heteroatoms. The predicted molar refractivity (Wildman–Crippen MR) is 79.5 cm³/mol. The first-order valence-corrected chi connectivity index (χ1v) is 6.92. The molecule has 0 saturated heterocycles. The van der Waals surface area contributed by atoms with E-state index in [-0.39, 0.29) is 0 Å². The molecule has 1 heterocycles. The summed E-state index contributed by atoms with van der Waals surface area (Å²) in [6, 6.07) is 6.18. The number of nitrogens with two attached hydrogens (primary N) is 1. The second-order valence-electron chi connectivity index (χ2n) is 4.50. The fraction of sp³-hybridized carbons (Fsp3) is 0.357. The molecular formula is C14H18BrN3. The maximum Gasteiger partial charge on any atom is 0.125 e. The van der Waals surface area contributed by atoms with Crippen LogP contribution < -0.4 is 5.73 Å². The van der Waals surface area contributed by atoms with Gasteiger partial charge < -0.3 is 5.73 Å². The van der Waals surface area contributed by atoms with Crippen LogP contribution in [0.4, 0.5) is 5.82 Å². The molecule has 0 saturated carbocycles. The summed E-state index contributed by atoms with van der Waals surface area (Å²) in [5.74, 6) is 0.770. The average Bonchev–Trinajstić information content (AvgIpc) is 2.61. The van der Waals surface area contributed by atoms with Crippen LogP contribution in [0, 0.1) is 6.92 Å². The lowest BCUT2D eigenvalue weighted by atomic mass is 10.0. The normalized spacial score (nSPS) is 10.9. The van der Waals surface area contributed by atoms with Crippen LogP contribution in [0.3, 0.4) is 0 Å². The number of hydrogen-bond donors (Lipinski definition) is 1. The summed E-state index contributed by atoms with van der Waals surface area (Å²) in [7, 11) is 1.89. The molecule has 0 amide bonds. The molecule has 1 aromatic carbocycles. The second kappa shape index (κ2) is 5.14. The smallest absolute Gasteiger partial charge is 0.125 e. The molecule has 0 radical (unpaired) electrons. The van der Waals surface area contributed by atoms with Crippen molar-refractivity contribution in [1.29, 1.82) is 0 Å². The summed E-state index contributed by atoms with van der Waals surface area (Å²) in [6.07, 6.45) is 2.02. The van der Waals surface area contributed by atoms with Crippen LogP contribution in [-0.4, -0.2) is 9.78 Å². The summed E-state index contributed by atoms with van der Waals surface area (Å²) >= 11 is 3.57. The largest absolute Gasteiger partial charge is 0.384 e. The molecule has 96 valence electrons. The first-order chi connectivity index (χ1) is 8.56. The zero-order valence-electron chi connectivity index (χ0n) is 11.0. The highest BCUT2D eigenvalue weighted by atomic mass is 79.9. The van der Waals surface area contributed by atoms with E-state index in [2.05, 4.69) is 40.9 Å². The second-order valence-corrected chi connectivity index (χ2v) is 5.35. The molecule has 0 spiro atoms. The van der Waals surface area contributed by atoms with Crippen molar-refractivity contribution in [2.75, 3.05) is 5.73 Å². The van der Waals surface area contributed by atoms with E-state index in [4.69, 9.17) is 5.73 Å². The SMILES string of the molecule is CCCc1c(-c2cccc(Br)c2C)nn(C)c1N. The minimum Gasteiger partial charge on any atom is -0.384 e. The molecule has 0 aliphatic carbocycles. The number of rotatable bonds is 3. The zero-order valence-corrected chi connectivity index (χ0v) is 12.6. The number of aryl methyl sites for hydroxylation is 1. The summed E-state index contributed by atoms with van der Waals surface area (Å²) in [6.45, 7) is 4.25. The highest BCUT2D eigenvalue weighted by Crippen LogP contribution is 2.32. The minimum absolute atomic E-state index is 0.770. The number of benzene rings is 1. The van der Waals surface area contributed by atoms with Crippen LogP contribution in [0.5, 0.6) is 0 Å². The number of nitrogen functional groups attached to an aromatic ring is 1. The standard InChI is InChI=1S/C14H18BrN3/c1-4-6-11-13(17-18(3)14(11)16)10-7-5-8-12(15)9(10)2/h5,7-8H,4,6,16H2,1-3H3. The highest BCUT2D eigenvalue weighted by molar-refractivity contribution is 9.10. The van der Waals surface area contributed by atoms with Crippen LogP contribution in [-0.2, 0) is 13.5 Å². The van der Waals surface area contributed by atoms with Crippen molar-refractivity contribution in [3.05, 3.63) is 33.8 Å². The van der Waals surface area contributed by atoms with Crippen molar-refractivity contribution in [3.63, 3.8) is 0 Å². The third kappa shape index (κ3) is 2.17. The van der Waals surface area contributed by atoms with E-state index < -0.39 is 0 Å². The Bertz CT molecular complexity index is 573. The molecule has 2 rings (SSSR count). The molecule has 2 N–H and O–H groups in total. The van der Waals surface area contributed by atoms with Gasteiger partial charge in [0.15, 0.2) is 0 Å². The van der Waals surface area contributed by atoms with Crippen LogP contribution in [0.2, 0.25) is 0 Å². The Balaban J connectivity index is 2.63. The van der Waals surface area contributed by atoms with Crippen LogP contribution in [0.25, 0.3) is 11.3 Å². The lowest BCUT2D eigenvalue weighted by Crippen LogP contribution is -1.99. The number of aromatic nitrogens is 2. The average molecular weight is 308 g/mol. The number of halogens is 1. The fourth-order valence-electron chi connectivity index (χ4n) is 2.16. The van der Waals surface area contributed by atoms with E-state index in [1.165, 1.54) is 5.56 Å². The third-order valence-electron chi connectivity index (χ3n) is 3.22. The fourth-order valence-corrected chi connectivity index (χ4v) is 2.52. The summed E-state index contributed by atoms with van der Waals surface area (Å²) in [4.78, 5) is 0. The van der Waals surface area contributed by atoms with Crippen molar-refractivity contribution >= 4 is 21.7 Å². The Morgan fingerprint density at radius 2 is 2.11 bits per heavy atom. The van der Waals surface area contributed by atoms with E-state index in [1.54, 1.807) is 4.68 Å². The summed E-state index contributed by atoms with van der Waals surface area (Å²) in [5, 5.41) is 4.57. The van der Waals surface area contributed by atoms with E-state index in [9.17, 15) is 0 Å². The van der Waals surface area contributed by atoms with Crippen LogP contribution in [0.1, 0.15) is 24.5 Å². The van der Waals surface area contributed by atoms with Gasteiger partial charge >= 0.3 is 0 Å². The highest BCUT2D eigenvalue weighted by Gasteiger charge is 2.16. The van der Waals surface area contributed by atoms with Crippen LogP contribution >= 0.6 is 15.9 Å². The van der Waals surface area contributed by atoms with Gasteiger partial charge in [-0.05, 0) is 25.0 Å². The van der Waals surface area contributed by atoms with Gasteiger partial charge in [0.05, 0.1) is 5.69 Å². The molecule has 2 aromatic rings. The molecule has 0 aliphatic heterocycles. The lowest BCUT2D eigenvalue weighted by molar-refractivity contribution is 0.781. The Kier molecular flexibility index (Phi) is 3.76. The minimum atomic E-state index is 0.770. The maximum atomic E-state index is 6.10. The number of nitrogens with zero attached hydrogens (tertiary/aromatic N) is 2. The predicted octanol–water partition coefficient (Wildman–Crippen LogP) is 3.69. The molecule has 0 bridgehead atoms. The molecule has 0 atom stereocenters. The van der Waals surface area contributed by atoms with Gasteiger partial charge in [-0.15, -0.1) is 0 Å². The van der Waals surface area contributed by atoms with Crippen molar-refractivity contribution in [2.45, 2.75) is 26.7 Å². The van der Waals surface area contributed by atoms with Gasteiger partial charge in [0, 0.05) is 22.6 Å². The van der Waals surface area contributed by atoms with E-state index in [0.717, 1.165) is 40.0 Å². The third-order valence-corrected chi connectivity index (χ3v) is 4.08. The molecule has 3 nitrogen and oxygen atoms in total. The maximum absolute atomic E-state index is 6.10. The van der Waals surface area contributed by atoms with Crippen molar-refractivity contribution in [3.8, 4) is 11.3 Å². The molecular weight excluding hydrogens is 290 g/mol. The number of hydrogen-bond acceptors (Lipinski definition) is 2. The quantitative estimate of drug-likeness (QED) is 0.939. The topological polar surface area (TPSA) is 43.8 Å². The van der Waals surface area contributed by atoms with E-state index in [0.29, 0.717) is 0 Å². The Morgan fingerprint density at radius 3 is 2.78 bits per heavy atom. The van der Waals surface area contributed by atoms with Crippen molar-refractivity contribution in [1.82, 2.24) is 9.78 Å².